The van der Waals surface area contributed by atoms with Crippen LogP contribution in [0.1, 0.15) is 31.1 Å². The lowest BCUT2D eigenvalue weighted by Crippen LogP contribution is -2.23. The first-order valence-electron chi connectivity index (χ1n) is 9.41. The summed E-state index contributed by atoms with van der Waals surface area (Å²) < 4.78 is 6.92. The average Bonchev–Trinajstić information content (AvgIpc) is 3.14. The summed E-state index contributed by atoms with van der Waals surface area (Å²) in [5.74, 6) is 2.65. The highest BCUT2D eigenvalue weighted by atomic mass is 32.2. The molecule has 8 heteroatoms. The van der Waals surface area contributed by atoms with Crippen LogP contribution in [0.2, 0.25) is 0 Å². The number of pyridine rings is 1. The summed E-state index contributed by atoms with van der Waals surface area (Å²) in [6, 6.07) is 11.1. The molecule has 4 aromatic rings. The Morgan fingerprint density at radius 2 is 1.97 bits per heavy atom. The molecular formula is C21H21N5O2S. The van der Waals surface area contributed by atoms with Crippen molar-refractivity contribution in [2.75, 3.05) is 0 Å². The summed E-state index contributed by atoms with van der Waals surface area (Å²) in [6.45, 7) is 6.14. The van der Waals surface area contributed by atoms with E-state index in [9.17, 15) is 4.79 Å². The minimum Gasteiger partial charge on any atom is -0.338 e. The van der Waals surface area contributed by atoms with Crippen molar-refractivity contribution in [1.82, 2.24) is 24.7 Å². The van der Waals surface area contributed by atoms with E-state index in [2.05, 4.69) is 29.0 Å². The number of fused-ring (bicyclic) bond motifs is 1. The number of thioether (sulfide) groups is 1. The second kappa shape index (κ2) is 8.16. The highest BCUT2D eigenvalue weighted by Crippen LogP contribution is 2.24. The number of nitrogens with zero attached hydrogens (tertiary/aromatic N) is 5. The van der Waals surface area contributed by atoms with Crippen molar-refractivity contribution in [1.29, 1.82) is 0 Å². The minimum absolute atomic E-state index is 0.147. The molecule has 0 unspecified atom stereocenters. The fraction of sp³-hybridized carbons (Fsp3) is 0.286. The SMILES string of the molecule is Cc1cccnc1-n1c(SCc2nc(CC(C)C)no2)nc2ccccc2c1=O. The van der Waals surface area contributed by atoms with Gasteiger partial charge in [0.05, 0.1) is 16.7 Å². The van der Waals surface area contributed by atoms with Gasteiger partial charge in [0.15, 0.2) is 11.0 Å². The molecule has 0 bridgehead atoms. The molecule has 0 N–H and O–H groups in total. The number of aromatic nitrogens is 5. The van der Waals surface area contributed by atoms with Crippen LogP contribution in [-0.2, 0) is 12.2 Å². The molecule has 0 spiro atoms. The Kier molecular flexibility index (Phi) is 5.44. The van der Waals surface area contributed by atoms with Crippen LogP contribution in [0.3, 0.4) is 0 Å². The maximum atomic E-state index is 13.3. The molecule has 0 saturated carbocycles. The van der Waals surface area contributed by atoms with Gasteiger partial charge in [0.1, 0.15) is 5.82 Å². The normalized spacial score (nSPS) is 11.4. The lowest BCUT2D eigenvalue weighted by molar-refractivity contribution is 0.382. The van der Waals surface area contributed by atoms with E-state index in [0.29, 0.717) is 45.3 Å². The van der Waals surface area contributed by atoms with Gasteiger partial charge in [-0.15, -0.1) is 0 Å². The van der Waals surface area contributed by atoms with E-state index in [-0.39, 0.29) is 5.56 Å². The van der Waals surface area contributed by atoms with Gasteiger partial charge in [-0.3, -0.25) is 4.79 Å². The molecule has 1 aromatic carbocycles. The number of aryl methyl sites for hydroxylation is 1. The largest absolute Gasteiger partial charge is 0.338 e. The van der Waals surface area contributed by atoms with Crippen molar-refractivity contribution in [3.05, 3.63) is 70.2 Å². The third-order valence-corrected chi connectivity index (χ3v) is 5.29. The molecule has 7 nitrogen and oxygen atoms in total. The Hall–Kier alpha value is -3.00. The third-order valence-electron chi connectivity index (χ3n) is 4.36. The summed E-state index contributed by atoms with van der Waals surface area (Å²) in [5.41, 5.74) is 1.40. The molecule has 29 heavy (non-hydrogen) atoms. The summed E-state index contributed by atoms with van der Waals surface area (Å²) in [7, 11) is 0. The Bertz CT molecular complexity index is 1220. The lowest BCUT2D eigenvalue weighted by atomic mass is 10.1. The maximum Gasteiger partial charge on any atom is 0.267 e. The summed E-state index contributed by atoms with van der Waals surface area (Å²) in [4.78, 5) is 26.8. The molecule has 0 amide bonds. The first kappa shape index (κ1) is 19.3. The predicted octanol–water partition coefficient (Wildman–Crippen LogP) is 3.96. The van der Waals surface area contributed by atoms with Gasteiger partial charge in [0.2, 0.25) is 5.89 Å². The monoisotopic (exact) mass is 407 g/mol. The Labute approximate surface area is 172 Å². The highest BCUT2D eigenvalue weighted by Gasteiger charge is 2.17. The molecule has 0 atom stereocenters. The smallest absolute Gasteiger partial charge is 0.267 e. The van der Waals surface area contributed by atoms with Crippen molar-refractivity contribution in [2.45, 2.75) is 38.1 Å². The first-order chi connectivity index (χ1) is 14.0. The quantitative estimate of drug-likeness (QED) is 0.353. The molecule has 3 heterocycles. The molecule has 0 radical (unpaired) electrons. The maximum absolute atomic E-state index is 13.3. The van der Waals surface area contributed by atoms with Gasteiger partial charge in [0.25, 0.3) is 5.56 Å². The lowest BCUT2D eigenvalue weighted by Gasteiger charge is -2.13. The zero-order valence-electron chi connectivity index (χ0n) is 16.5. The second-order valence-electron chi connectivity index (χ2n) is 7.19. The van der Waals surface area contributed by atoms with Crippen molar-refractivity contribution >= 4 is 22.7 Å². The zero-order valence-corrected chi connectivity index (χ0v) is 17.3. The number of rotatable bonds is 6. The summed E-state index contributed by atoms with van der Waals surface area (Å²) in [5, 5.41) is 5.13. The van der Waals surface area contributed by atoms with Gasteiger partial charge < -0.3 is 4.52 Å². The van der Waals surface area contributed by atoms with Crippen LogP contribution in [0, 0.1) is 12.8 Å². The van der Waals surface area contributed by atoms with Crippen LogP contribution >= 0.6 is 11.8 Å². The number of benzene rings is 1. The van der Waals surface area contributed by atoms with Gasteiger partial charge in [-0.2, -0.15) is 4.98 Å². The van der Waals surface area contributed by atoms with E-state index < -0.39 is 0 Å². The molecule has 0 saturated heterocycles. The molecule has 4 rings (SSSR count). The minimum atomic E-state index is -0.147. The van der Waals surface area contributed by atoms with E-state index >= 15 is 0 Å². The third kappa shape index (κ3) is 4.07. The van der Waals surface area contributed by atoms with E-state index in [1.54, 1.807) is 16.8 Å². The van der Waals surface area contributed by atoms with Gasteiger partial charge in [-0.05, 0) is 36.6 Å². The van der Waals surface area contributed by atoms with Crippen LogP contribution in [0.15, 0.2) is 57.1 Å². The van der Waals surface area contributed by atoms with Crippen molar-refractivity contribution < 1.29 is 4.52 Å². The highest BCUT2D eigenvalue weighted by molar-refractivity contribution is 7.98. The fourth-order valence-corrected chi connectivity index (χ4v) is 3.86. The fourth-order valence-electron chi connectivity index (χ4n) is 3.03. The van der Waals surface area contributed by atoms with Crippen LogP contribution in [0.4, 0.5) is 0 Å². The van der Waals surface area contributed by atoms with Crippen molar-refractivity contribution in [3.63, 3.8) is 0 Å². The summed E-state index contributed by atoms with van der Waals surface area (Å²) >= 11 is 1.38. The van der Waals surface area contributed by atoms with Crippen LogP contribution in [-0.4, -0.2) is 24.7 Å². The van der Waals surface area contributed by atoms with E-state index in [1.807, 2.05) is 37.3 Å². The van der Waals surface area contributed by atoms with Gasteiger partial charge in [0, 0.05) is 12.6 Å². The Morgan fingerprint density at radius 1 is 1.14 bits per heavy atom. The molecule has 0 aliphatic rings. The van der Waals surface area contributed by atoms with Gasteiger partial charge >= 0.3 is 0 Å². The van der Waals surface area contributed by atoms with E-state index in [0.717, 1.165) is 12.0 Å². The summed E-state index contributed by atoms with van der Waals surface area (Å²) in [6.07, 6.45) is 2.44. The van der Waals surface area contributed by atoms with E-state index in [1.165, 1.54) is 11.8 Å². The first-order valence-corrected chi connectivity index (χ1v) is 10.4. The Morgan fingerprint density at radius 3 is 2.76 bits per heavy atom. The zero-order chi connectivity index (χ0) is 20.4. The molecule has 0 aliphatic heterocycles. The topological polar surface area (TPSA) is 86.7 Å². The number of para-hydroxylation sites is 1. The predicted molar refractivity (Wildman–Crippen MR) is 112 cm³/mol. The van der Waals surface area contributed by atoms with Gasteiger partial charge in [-0.1, -0.05) is 49.0 Å². The number of hydrogen-bond donors (Lipinski definition) is 0. The van der Waals surface area contributed by atoms with Crippen molar-refractivity contribution in [3.8, 4) is 5.82 Å². The number of hydrogen-bond acceptors (Lipinski definition) is 7. The van der Waals surface area contributed by atoms with Crippen LogP contribution in [0.5, 0.6) is 0 Å². The molecule has 0 aliphatic carbocycles. The van der Waals surface area contributed by atoms with E-state index in [4.69, 9.17) is 9.51 Å². The van der Waals surface area contributed by atoms with Crippen LogP contribution < -0.4 is 5.56 Å². The van der Waals surface area contributed by atoms with Crippen LogP contribution in [0.25, 0.3) is 16.7 Å². The molecular weight excluding hydrogens is 386 g/mol. The van der Waals surface area contributed by atoms with Gasteiger partial charge in [-0.25, -0.2) is 14.5 Å². The average molecular weight is 407 g/mol. The van der Waals surface area contributed by atoms with Crippen molar-refractivity contribution in [2.24, 2.45) is 5.92 Å². The molecule has 3 aromatic heterocycles. The second-order valence-corrected chi connectivity index (χ2v) is 8.13. The standard InChI is InChI=1S/C21H21N5O2S/c1-13(2)11-17-24-18(28-25-17)12-29-21-23-16-9-5-4-8-15(16)20(27)26(21)19-14(3)7-6-10-22-19/h4-10,13H,11-12H2,1-3H3. The Balaban J connectivity index is 1.75. The molecule has 148 valence electrons. The molecule has 0 fully saturated rings.